The molecule has 0 atom stereocenters. The Kier molecular flexibility index (Phi) is 6.51. The summed E-state index contributed by atoms with van der Waals surface area (Å²) >= 11 is 0. The Morgan fingerprint density at radius 1 is 1.18 bits per heavy atom. The number of benzene rings is 1. The van der Waals surface area contributed by atoms with Gasteiger partial charge in [0, 0.05) is 17.5 Å². The van der Waals surface area contributed by atoms with E-state index in [1.165, 1.54) is 31.7 Å². The molecule has 1 aromatic heterocycles. The highest BCUT2D eigenvalue weighted by atomic mass is 31.2. The number of esters is 1. The molecule has 1 aromatic carbocycles. The number of methoxy groups -OCH3 is 1. The van der Waals surface area contributed by atoms with E-state index >= 15 is 0 Å². The van der Waals surface area contributed by atoms with Crippen molar-refractivity contribution in [2.75, 3.05) is 20.3 Å². The monoisotopic (exact) mass is 475 g/mol. The van der Waals surface area contributed by atoms with Gasteiger partial charge in [0.15, 0.2) is 0 Å². The summed E-state index contributed by atoms with van der Waals surface area (Å²) in [4.78, 5) is 39.9. The maximum absolute atomic E-state index is 12.8. The van der Waals surface area contributed by atoms with Crippen LogP contribution in [0.4, 0.5) is 5.69 Å². The molecule has 0 radical (unpaired) electrons. The molecule has 0 amide bonds. The van der Waals surface area contributed by atoms with Gasteiger partial charge < -0.3 is 4.74 Å². The standard InChI is InChI=1S/C23H28N2O7P/c1-15-19(22(26)30-3)20(17-8-7-9-18(12-17)25(27)28)21(16(2)24-15)33(29)31-13-23(14-32-33)10-5-4-6-11-23/h7-9,12,29H,4-6,10-11,13-14H2,1-3H3/q+1. The lowest BCUT2D eigenvalue weighted by Gasteiger charge is -2.40. The van der Waals surface area contributed by atoms with E-state index in [9.17, 15) is 19.8 Å². The van der Waals surface area contributed by atoms with Crippen LogP contribution in [0.5, 0.6) is 0 Å². The molecular weight excluding hydrogens is 447 g/mol. The molecule has 33 heavy (non-hydrogen) atoms. The zero-order valence-electron chi connectivity index (χ0n) is 19.0. The second-order valence-corrected chi connectivity index (χ2v) is 10.8. The van der Waals surface area contributed by atoms with Crippen LogP contribution in [0.3, 0.4) is 0 Å². The number of nitrogens with zero attached hydrogens (tertiary/aromatic N) is 2. The zero-order chi connectivity index (χ0) is 23.8. The fourth-order valence-electron chi connectivity index (χ4n) is 4.84. The van der Waals surface area contributed by atoms with Crippen LogP contribution in [-0.2, 0) is 13.8 Å². The maximum atomic E-state index is 12.8. The van der Waals surface area contributed by atoms with Gasteiger partial charge in [-0.25, -0.2) is 4.79 Å². The summed E-state index contributed by atoms with van der Waals surface area (Å²) in [5.74, 6) is -0.657. The predicted octanol–water partition coefficient (Wildman–Crippen LogP) is 4.44. The van der Waals surface area contributed by atoms with E-state index in [0.717, 1.165) is 25.7 Å². The summed E-state index contributed by atoms with van der Waals surface area (Å²) in [7, 11) is -2.37. The highest BCUT2D eigenvalue weighted by Gasteiger charge is 2.57. The summed E-state index contributed by atoms with van der Waals surface area (Å²) < 4.78 is 17.2. The van der Waals surface area contributed by atoms with Gasteiger partial charge in [-0.2, -0.15) is 13.9 Å². The highest BCUT2D eigenvalue weighted by molar-refractivity contribution is 7.69. The fourth-order valence-corrected chi connectivity index (χ4v) is 7.05. The van der Waals surface area contributed by atoms with Gasteiger partial charge in [0.2, 0.25) is 5.30 Å². The number of aromatic nitrogens is 1. The first kappa shape index (κ1) is 23.7. The van der Waals surface area contributed by atoms with Gasteiger partial charge >= 0.3 is 13.9 Å². The molecule has 1 saturated carbocycles. The number of nitro benzene ring substituents is 1. The van der Waals surface area contributed by atoms with Gasteiger partial charge in [-0.1, -0.05) is 31.4 Å². The number of ether oxygens (including phenoxy) is 1. The summed E-state index contributed by atoms with van der Waals surface area (Å²) in [5.41, 5.74) is 1.37. The topological polar surface area (TPSA) is 121 Å². The number of hydrogen-bond donors (Lipinski definition) is 1. The lowest BCUT2D eigenvalue weighted by Crippen LogP contribution is -2.41. The van der Waals surface area contributed by atoms with Gasteiger partial charge in [0.05, 0.1) is 34.5 Å². The normalized spacial score (nSPS) is 19.3. The number of nitro groups is 1. The van der Waals surface area contributed by atoms with Crippen LogP contribution < -0.4 is 5.30 Å². The number of carbonyl (C=O) groups excluding carboxylic acids is 1. The minimum atomic E-state index is -3.63. The molecule has 1 aliphatic heterocycles. The first-order valence-electron chi connectivity index (χ1n) is 11.0. The number of pyridine rings is 1. The minimum absolute atomic E-state index is 0.118. The second kappa shape index (κ2) is 9.06. The van der Waals surface area contributed by atoms with Crippen LogP contribution in [-0.4, -0.2) is 41.1 Å². The minimum Gasteiger partial charge on any atom is -0.465 e. The fraction of sp³-hybridized carbons (Fsp3) is 0.478. The number of hydrogen-bond acceptors (Lipinski definition) is 8. The third kappa shape index (κ3) is 4.38. The molecule has 4 rings (SSSR count). The molecule has 1 N–H and O–H groups in total. The molecule has 1 aliphatic carbocycles. The summed E-state index contributed by atoms with van der Waals surface area (Å²) in [6, 6.07) is 5.91. The first-order chi connectivity index (χ1) is 15.7. The summed E-state index contributed by atoms with van der Waals surface area (Å²) in [6.07, 6.45) is 5.33. The zero-order valence-corrected chi connectivity index (χ0v) is 19.9. The Hall–Kier alpha value is -2.45. The number of non-ortho nitro benzene ring substituents is 1. The molecule has 176 valence electrons. The predicted molar refractivity (Wildman–Crippen MR) is 123 cm³/mol. The smallest absolute Gasteiger partial charge is 0.448 e. The van der Waals surface area contributed by atoms with Crippen molar-refractivity contribution in [3.63, 3.8) is 0 Å². The Labute approximate surface area is 192 Å². The number of aryl methyl sites for hydroxylation is 2. The van der Waals surface area contributed by atoms with Crippen molar-refractivity contribution >= 4 is 24.9 Å². The van der Waals surface area contributed by atoms with E-state index < -0.39 is 18.8 Å². The van der Waals surface area contributed by atoms with Gasteiger partial charge in [-0.15, -0.1) is 0 Å². The van der Waals surface area contributed by atoms with E-state index in [-0.39, 0.29) is 22.0 Å². The van der Waals surface area contributed by atoms with Crippen LogP contribution in [0, 0.1) is 29.4 Å². The molecule has 2 fully saturated rings. The second-order valence-electron chi connectivity index (χ2n) is 8.81. The molecule has 2 heterocycles. The molecule has 0 bridgehead atoms. The van der Waals surface area contributed by atoms with Gasteiger partial charge in [-0.3, -0.25) is 15.1 Å². The average Bonchev–Trinajstić information content (AvgIpc) is 2.81. The Morgan fingerprint density at radius 3 is 2.45 bits per heavy atom. The van der Waals surface area contributed by atoms with E-state index in [2.05, 4.69) is 4.98 Å². The third-order valence-corrected chi connectivity index (χ3v) is 8.62. The summed E-state index contributed by atoms with van der Waals surface area (Å²) in [6.45, 7) is 4.07. The van der Waals surface area contributed by atoms with Crippen LogP contribution in [0.15, 0.2) is 24.3 Å². The van der Waals surface area contributed by atoms with Crippen molar-refractivity contribution in [2.45, 2.75) is 46.0 Å². The van der Waals surface area contributed by atoms with Crippen LogP contribution in [0.1, 0.15) is 53.8 Å². The SMILES string of the molecule is COC(=O)c1c(C)nc(C)c([P+]2(O)OCC3(CCCCC3)CO2)c1-c1cccc([N+](=O)[O-])c1. The van der Waals surface area contributed by atoms with Gasteiger partial charge in [-0.05, 0) is 32.3 Å². The summed E-state index contributed by atoms with van der Waals surface area (Å²) in [5, 5.41) is 11.7. The van der Waals surface area contributed by atoms with Crippen LogP contribution >= 0.6 is 7.94 Å². The maximum Gasteiger partial charge on any atom is 0.448 e. The Bertz CT molecular complexity index is 1090. The van der Waals surface area contributed by atoms with Crippen LogP contribution in [0.2, 0.25) is 0 Å². The van der Waals surface area contributed by atoms with Gasteiger partial charge in [0.1, 0.15) is 13.2 Å². The van der Waals surface area contributed by atoms with Crippen molar-refractivity contribution in [2.24, 2.45) is 5.41 Å². The van der Waals surface area contributed by atoms with Crippen molar-refractivity contribution in [1.82, 2.24) is 4.98 Å². The van der Waals surface area contributed by atoms with E-state index in [1.54, 1.807) is 19.9 Å². The molecule has 2 aromatic rings. The van der Waals surface area contributed by atoms with Crippen LogP contribution in [0.25, 0.3) is 11.1 Å². The van der Waals surface area contributed by atoms with Crippen molar-refractivity contribution in [3.05, 3.63) is 51.3 Å². The van der Waals surface area contributed by atoms with Crippen molar-refractivity contribution < 1.29 is 28.4 Å². The molecular formula is C23H28N2O7P+. The van der Waals surface area contributed by atoms with Crippen molar-refractivity contribution in [1.29, 1.82) is 0 Å². The number of rotatable bonds is 4. The van der Waals surface area contributed by atoms with E-state index in [4.69, 9.17) is 13.8 Å². The third-order valence-electron chi connectivity index (χ3n) is 6.55. The van der Waals surface area contributed by atoms with E-state index in [0.29, 0.717) is 35.7 Å². The Balaban J connectivity index is 1.89. The van der Waals surface area contributed by atoms with Gasteiger partial charge in [0.25, 0.3) is 5.69 Å². The first-order valence-corrected chi connectivity index (χ1v) is 12.5. The lowest BCUT2D eigenvalue weighted by molar-refractivity contribution is -0.384. The average molecular weight is 475 g/mol. The lowest BCUT2D eigenvalue weighted by atomic mass is 9.75. The molecule has 1 spiro atoms. The van der Waals surface area contributed by atoms with Crippen molar-refractivity contribution in [3.8, 4) is 11.1 Å². The quantitative estimate of drug-likeness (QED) is 0.298. The number of carbonyl (C=O) groups is 1. The Morgan fingerprint density at radius 2 is 1.85 bits per heavy atom. The molecule has 2 aliphatic rings. The molecule has 9 nitrogen and oxygen atoms in total. The largest absolute Gasteiger partial charge is 0.465 e. The molecule has 0 unspecified atom stereocenters. The molecule has 10 heteroatoms. The highest BCUT2D eigenvalue weighted by Crippen LogP contribution is 2.63. The molecule has 1 saturated heterocycles. The van der Waals surface area contributed by atoms with E-state index in [1.807, 2.05) is 0 Å².